The van der Waals surface area contributed by atoms with Crippen molar-refractivity contribution >= 4 is 5.69 Å². The van der Waals surface area contributed by atoms with E-state index in [2.05, 4.69) is 50.4 Å². The van der Waals surface area contributed by atoms with Crippen LogP contribution in [0.4, 0.5) is 32.0 Å². The zero-order valence-electron chi connectivity index (χ0n) is 25.0. The molecule has 0 fully saturated rings. The second-order valence-corrected chi connectivity index (χ2v) is 12.3. The Kier molecular flexibility index (Phi) is 9.14. The number of fused-ring (bicyclic) bond motifs is 1. The van der Waals surface area contributed by atoms with E-state index in [4.69, 9.17) is 14.2 Å². The van der Waals surface area contributed by atoms with E-state index in [1.807, 2.05) is 18.2 Å². The fourth-order valence-electron chi connectivity index (χ4n) is 5.10. The van der Waals surface area contributed by atoms with E-state index in [0.29, 0.717) is 36.6 Å². The van der Waals surface area contributed by atoms with E-state index in [9.17, 15) is 26.3 Å². The maximum absolute atomic E-state index is 13.4. The summed E-state index contributed by atoms with van der Waals surface area (Å²) in [7, 11) is 0. The first kappa shape index (κ1) is 32.7. The number of halogens is 6. The molecule has 0 saturated carbocycles. The van der Waals surface area contributed by atoms with Gasteiger partial charge in [0.25, 0.3) is 0 Å². The number of rotatable bonds is 8. The fourth-order valence-corrected chi connectivity index (χ4v) is 5.10. The molecule has 10 heteroatoms. The van der Waals surface area contributed by atoms with E-state index in [1.165, 1.54) is 5.56 Å². The fraction of sp³-hybridized carbons (Fsp3) is 0.455. The van der Waals surface area contributed by atoms with Crippen LogP contribution in [-0.4, -0.2) is 18.3 Å². The molecule has 0 saturated heterocycles. The summed E-state index contributed by atoms with van der Waals surface area (Å²) in [6.07, 6.45) is -11.4. The van der Waals surface area contributed by atoms with Crippen molar-refractivity contribution in [3.63, 3.8) is 0 Å². The second kappa shape index (κ2) is 12.0. The van der Waals surface area contributed by atoms with Crippen molar-refractivity contribution in [2.45, 2.75) is 90.3 Å². The molecule has 0 amide bonds. The summed E-state index contributed by atoms with van der Waals surface area (Å²) in [4.78, 5) is 0. The highest BCUT2D eigenvalue weighted by Gasteiger charge is 2.46. The van der Waals surface area contributed by atoms with Crippen LogP contribution in [0.5, 0.6) is 5.75 Å². The summed E-state index contributed by atoms with van der Waals surface area (Å²) in [6, 6.07) is 15.4. The third-order valence-corrected chi connectivity index (χ3v) is 7.39. The second-order valence-electron chi connectivity index (χ2n) is 12.3. The number of hydrogen-bond acceptors (Lipinski definition) is 4. The van der Waals surface area contributed by atoms with Crippen LogP contribution in [0.15, 0.2) is 60.7 Å². The number of nitrogens with one attached hydrogen (secondary N) is 1. The van der Waals surface area contributed by atoms with Gasteiger partial charge in [-0.1, -0.05) is 45.0 Å². The summed E-state index contributed by atoms with van der Waals surface area (Å²) in [5.74, 6) is 0.557. The summed E-state index contributed by atoms with van der Waals surface area (Å²) >= 11 is 0. The predicted octanol–water partition coefficient (Wildman–Crippen LogP) is 9.47. The first-order chi connectivity index (χ1) is 19.9. The predicted molar refractivity (Wildman–Crippen MR) is 153 cm³/mol. The molecule has 1 N–H and O–H groups in total. The lowest BCUT2D eigenvalue weighted by Crippen LogP contribution is -2.51. The number of benzene rings is 3. The van der Waals surface area contributed by atoms with Gasteiger partial charge in [-0.2, -0.15) is 26.3 Å². The van der Waals surface area contributed by atoms with Gasteiger partial charge < -0.3 is 19.5 Å². The molecule has 3 aromatic rings. The molecule has 43 heavy (non-hydrogen) atoms. The van der Waals surface area contributed by atoms with Crippen molar-refractivity contribution < 1.29 is 40.6 Å². The van der Waals surface area contributed by atoms with Crippen LogP contribution in [0.3, 0.4) is 0 Å². The lowest BCUT2D eigenvalue weighted by Gasteiger charge is -2.44. The van der Waals surface area contributed by atoms with E-state index < -0.39 is 47.9 Å². The normalized spacial score (nSPS) is 18.6. The van der Waals surface area contributed by atoms with Crippen LogP contribution in [-0.2, 0) is 40.4 Å². The molecule has 3 aromatic carbocycles. The molecule has 234 valence electrons. The summed E-state index contributed by atoms with van der Waals surface area (Å²) < 4.78 is 98.7. The lowest BCUT2D eigenvalue weighted by molar-refractivity contribution is -0.166. The average molecular weight is 610 g/mol. The Morgan fingerprint density at radius 1 is 0.767 bits per heavy atom. The smallest absolute Gasteiger partial charge is 0.416 e. The van der Waals surface area contributed by atoms with Gasteiger partial charge in [0.05, 0.1) is 17.7 Å². The lowest BCUT2D eigenvalue weighted by atomic mass is 9.87. The summed E-state index contributed by atoms with van der Waals surface area (Å²) in [5.41, 5.74) is -0.228. The van der Waals surface area contributed by atoms with E-state index >= 15 is 0 Å². The van der Waals surface area contributed by atoms with Crippen molar-refractivity contribution in [3.8, 4) is 5.75 Å². The monoisotopic (exact) mass is 609 g/mol. The molecule has 1 aliphatic heterocycles. The van der Waals surface area contributed by atoms with Gasteiger partial charge in [0.1, 0.15) is 23.6 Å². The van der Waals surface area contributed by atoms with Gasteiger partial charge in [-0.25, -0.2) is 0 Å². The van der Waals surface area contributed by atoms with Crippen molar-refractivity contribution in [1.82, 2.24) is 0 Å². The molecule has 0 radical (unpaired) electrons. The minimum atomic E-state index is -4.95. The van der Waals surface area contributed by atoms with Crippen LogP contribution < -0.4 is 10.1 Å². The largest absolute Gasteiger partial charge is 0.485 e. The standard InChI is InChI=1S/C33H37F6NO3/c1-7-41-28-26-17-25(40-18-20-8-10-22(11-9-20)30(2,3)4)12-13-27(26)43-31(5,6)29(28)42-19-21-14-23(32(34,35)36)16-24(15-21)33(37,38)39/h8-17,28-29,40H,7,18-19H2,1-6H3. The van der Waals surface area contributed by atoms with Crippen LogP contribution in [0.1, 0.15) is 81.0 Å². The zero-order chi connectivity index (χ0) is 31.8. The first-order valence-electron chi connectivity index (χ1n) is 14.1. The van der Waals surface area contributed by atoms with Gasteiger partial charge >= 0.3 is 12.4 Å². The van der Waals surface area contributed by atoms with Crippen LogP contribution in [0.25, 0.3) is 0 Å². The molecular formula is C33H37F6NO3. The molecule has 4 nitrogen and oxygen atoms in total. The molecule has 1 heterocycles. The first-order valence-corrected chi connectivity index (χ1v) is 14.1. The highest BCUT2D eigenvalue weighted by atomic mass is 19.4. The molecule has 2 atom stereocenters. The zero-order valence-corrected chi connectivity index (χ0v) is 25.0. The van der Waals surface area contributed by atoms with Gasteiger partial charge in [0, 0.05) is 24.4 Å². The third kappa shape index (κ3) is 7.84. The Morgan fingerprint density at radius 2 is 1.37 bits per heavy atom. The summed E-state index contributed by atoms with van der Waals surface area (Å²) in [6.45, 7) is 12.1. The summed E-state index contributed by atoms with van der Waals surface area (Å²) in [5, 5.41) is 3.40. The van der Waals surface area contributed by atoms with Crippen molar-refractivity contribution in [2.24, 2.45) is 0 Å². The Hall–Kier alpha value is -3.24. The number of hydrogen-bond donors (Lipinski definition) is 1. The molecule has 0 spiro atoms. The quantitative estimate of drug-likeness (QED) is 0.258. The molecule has 4 rings (SSSR count). The SMILES string of the molecule is CCOC1c2cc(NCc3ccc(C(C)(C)C)cc3)ccc2OC(C)(C)C1OCc1cc(C(F)(F)F)cc(C(F)(F)F)c1. The molecule has 2 unspecified atom stereocenters. The topological polar surface area (TPSA) is 39.7 Å². The molecule has 0 aliphatic carbocycles. The van der Waals surface area contributed by atoms with E-state index in [0.717, 1.165) is 11.3 Å². The van der Waals surface area contributed by atoms with E-state index in [-0.39, 0.29) is 17.0 Å². The molecule has 0 bridgehead atoms. The molecule has 0 aromatic heterocycles. The van der Waals surface area contributed by atoms with E-state index in [1.54, 1.807) is 20.8 Å². The Bertz CT molecular complexity index is 1380. The minimum Gasteiger partial charge on any atom is -0.485 e. The van der Waals surface area contributed by atoms with Crippen LogP contribution >= 0.6 is 0 Å². The van der Waals surface area contributed by atoms with Gasteiger partial charge in [-0.3, -0.25) is 0 Å². The number of anilines is 1. The van der Waals surface area contributed by atoms with Crippen LogP contribution in [0.2, 0.25) is 0 Å². The van der Waals surface area contributed by atoms with Gasteiger partial charge in [-0.15, -0.1) is 0 Å². The third-order valence-electron chi connectivity index (χ3n) is 7.39. The van der Waals surface area contributed by atoms with Gasteiger partial charge in [-0.05, 0) is 79.3 Å². The maximum atomic E-state index is 13.4. The van der Waals surface area contributed by atoms with Crippen molar-refractivity contribution in [3.05, 3.63) is 94.0 Å². The minimum absolute atomic E-state index is 0.0485. The van der Waals surface area contributed by atoms with Crippen molar-refractivity contribution in [1.29, 1.82) is 0 Å². The van der Waals surface area contributed by atoms with Gasteiger partial charge in [0.2, 0.25) is 0 Å². The number of alkyl halides is 6. The van der Waals surface area contributed by atoms with Crippen LogP contribution in [0, 0.1) is 0 Å². The Balaban J connectivity index is 1.58. The highest BCUT2D eigenvalue weighted by molar-refractivity contribution is 5.54. The van der Waals surface area contributed by atoms with Gasteiger partial charge in [0.15, 0.2) is 0 Å². The van der Waals surface area contributed by atoms with Crippen molar-refractivity contribution in [2.75, 3.05) is 11.9 Å². The Morgan fingerprint density at radius 3 is 1.91 bits per heavy atom. The Labute approximate surface area is 248 Å². The highest BCUT2D eigenvalue weighted by Crippen LogP contribution is 2.45. The molecule has 1 aliphatic rings. The average Bonchev–Trinajstić information content (AvgIpc) is 2.90. The number of ether oxygens (including phenoxy) is 3. The molecular weight excluding hydrogens is 572 g/mol. The maximum Gasteiger partial charge on any atom is 0.416 e.